The van der Waals surface area contributed by atoms with Crippen LogP contribution in [-0.4, -0.2) is 97.9 Å². The van der Waals surface area contributed by atoms with Crippen molar-refractivity contribution in [1.29, 1.82) is 0 Å². The van der Waals surface area contributed by atoms with Crippen LogP contribution in [0.3, 0.4) is 0 Å². The number of thiol groups is 1. The summed E-state index contributed by atoms with van der Waals surface area (Å²) in [6, 6.07) is 0. The molecule has 20 nitrogen and oxygen atoms in total. The summed E-state index contributed by atoms with van der Waals surface area (Å²) < 4.78 is 43.2. The van der Waals surface area contributed by atoms with E-state index in [4.69, 9.17) is 46.3 Å². The fraction of sp³-hybridized carbons (Fsp3) is 0.500. The van der Waals surface area contributed by atoms with Gasteiger partial charge in [-0.3, -0.25) is 18.9 Å². The van der Waals surface area contributed by atoms with E-state index in [9.17, 15) is 24.5 Å². The van der Waals surface area contributed by atoms with Crippen LogP contribution in [-0.2, 0) is 39.4 Å². The summed E-state index contributed by atoms with van der Waals surface area (Å²) in [4.78, 5) is 46.0. The third kappa shape index (κ3) is 5.96. The van der Waals surface area contributed by atoms with Crippen LogP contribution in [0.4, 0.5) is 11.8 Å². The first-order valence-corrected chi connectivity index (χ1v) is 17.6. The number of aliphatic hydroxyl groups excluding tert-OH is 2. The van der Waals surface area contributed by atoms with Crippen LogP contribution in [0.15, 0.2) is 23.8 Å². The van der Waals surface area contributed by atoms with Gasteiger partial charge in [-0.1, -0.05) is 0 Å². The van der Waals surface area contributed by atoms with Crippen molar-refractivity contribution < 1.29 is 42.7 Å². The van der Waals surface area contributed by atoms with Crippen LogP contribution in [0.5, 0.6) is 0 Å². The quantitative estimate of drug-likeness (QED) is 0.0795. The van der Waals surface area contributed by atoms with E-state index < -0.39 is 69.1 Å². The lowest BCUT2D eigenvalue weighted by Gasteiger charge is -2.25. The number of hydrogen-bond donors (Lipinski definition) is 7. The van der Waals surface area contributed by atoms with Crippen LogP contribution < -0.4 is 17.0 Å². The minimum Gasteiger partial charge on any atom is -0.394 e. The third-order valence-electron chi connectivity index (χ3n) is 6.93. The van der Waals surface area contributed by atoms with E-state index in [0.29, 0.717) is 0 Å². The average molecular weight is 692 g/mol. The average Bonchev–Trinajstić information content (AvgIpc) is 3.73. The summed E-state index contributed by atoms with van der Waals surface area (Å²) >= 11 is 9.05. The van der Waals surface area contributed by atoms with Gasteiger partial charge in [0.25, 0.3) is 5.56 Å². The van der Waals surface area contributed by atoms with E-state index >= 15 is 0 Å². The van der Waals surface area contributed by atoms with Crippen LogP contribution in [0, 0.1) is 0 Å². The molecule has 0 aliphatic carbocycles. The Kier molecular flexibility index (Phi) is 8.69. The zero-order valence-corrected chi connectivity index (χ0v) is 25.6. The minimum atomic E-state index is -4.10. The predicted molar refractivity (Wildman–Crippen MR) is 157 cm³/mol. The van der Waals surface area contributed by atoms with Crippen molar-refractivity contribution in [3.8, 4) is 0 Å². The Morgan fingerprint density at radius 2 is 1.89 bits per heavy atom. The number of aliphatic hydroxyl groups is 2. The molecule has 0 bridgehead atoms. The van der Waals surface area contributed by atoms with Crippen molar-refractivity contribution in [2.24, 2.45) is 0 Å². The molecule has 2 fully saturated rings. The molecule has 4 aromatic heterocycles. The highest BCUT2D eigenvalue weighted by Crippen LogP contribution is 2.51. The first-order chi connectivity index (χ1) is 21.0. The molecule has 24 heteroatoms. The van der Waals surface area contributed by atoms with Crippen LogP contribution >= 0.6 is 26.2 Å². The number of imidazole rings is 2. The molecule has 9 atom stereocenters. The van der Waals surface area contributed by atoms with E-state index in [1.54, 1.807) is 0 Å². The van der Waals surface area contributed by atoms with E-state index in [2.05, 4.69) is 42.2 Å². The van der Waals surface area contributed by atoms with Crippen molar-refractivity contribution in [1.82, 2.24) is 39.0 Å². The number of H-pyrrole nitrogens is 1. The fourth-order valence-electron chi connectivity index (χ4n) is 5.05. The summed E-state index contributed by atoms with van der Waals surface area (Å²) in [5.74, 6) is -0.0525. The van der Waals surface area contributed by atoms with Gasteiger partial charge in [0, 0.05) is 6.42 Å². The van der Waals surface area contributed by atoms with E-state index in [0.717, 1.165) is 0 Å². The molecule has 0 spiro atoms. The molecule has 8 N–H and O–H groups in total. The molecule has 44 heavy (non-hydrogen) atoms. The standard InChI is InChI=1S/C20H24N10O10P2S2/c21-14-10-15(24-4-23-14)29(5-25-10)19-12(32)13(39-41(34)43)9(38-19)3-36-42(35,44)40-8-1-7(2-31)37-18(8)30-6-26-11-16(30)27-20(22)28-17(11)33/h4-9,12-13,18-19,31-32H,1-3H2,(H6-,21,22,23,24,27,28,33,34,35,43,44)/p+1/t7-,8?,9+,12?,13?,18+,19+,42?/m0/s1. The number of nitrogens with zero attached hydrogens (tertiary/aromatic N) is 7. The molecule has 0 radical (unpaired) electrons. The van der Waals surface area contributed by atoms with Gasteiger partial charge in [0.1, 0.15) is 42.4 Å². The zero-order valence-electron chi connectivity index (χ0n) is 22.1. The summed E-state index contributed by atoms with van der Waals surface area (Å²) in [6.45, 7) is -4.96. The fourth-order valence-corrected chi connectivity index (χ4v) is 7.28. The first-order valence-electron chi connectivity index (χ1n) is 12.7. The smallest absolute Gasteiger partial charge is 0.394 e. The molecule has 6 rings (SSSR count). The summed E-state index contributed by atoms with van der Waals surface area (Å²) in [7, 11) is -2.50. The molecular formula is C20H25N10O10P2S2+. The first kappa shape index (κ1) is 31.3. The van der Waals surface area contributed by atoms with Gasteiger partial charge in [-0.25, -0.2) is 19.9 Å². The Balaban J connectivity index is 1.20. The van der Waals surface area contributed by atoms with Gasteiger partial charge in [0.05, 0.1) is 32.0 Å². The molecule has 4 aromatic rings. The number of fused-ring (bicyclic) bond motifs is 2. The molecule has 0 aromatic carbocycles. The Morgan fingerprint density at radius 3 is 2.61 bits per heavy atom. The highest BCUT2D eigenvalue weighted by Gasteiger charge is 2.51. The summed E-state index contributed by atoms with van der Waals surface area (Å²) in [6.07, 6.45) is -3.80. The lowest BCUT2D eigenvalue weighted by molar-refractivity contribution is -0.0563. The number of hydrogen-bond acceptors (Lipinski definition) is 17. The molecule has 2 aliphatic heterocycles. The monoisotopic (exact) mass is 691 g/mol. The lowest BCUT2D eigenvalue weighted by atomic mass is 10.1. The highest BCUT2D eigenvalue weighted by molar-refractivity contribution is 8.39. The van der Waals surface area contributed by atoms with Crippen molar-refractivity contribution >= 4 is 72.1 Å². The SMILES string of the molecule is Nc1nc2c(ncn2[C@@H]2O[C@H](CO)CC2OP(O)(=S)OC[C@H]2O[C@@H](n3cnc4c(N)ncnc43)C(O)C2O[P+](=O)S)c(=O)[nH]1. The maximum absolute atomic E-state index is 12.2. The molecule has 6 heterocycles. The van der Waals surface area contributed by atoms with Gasteiger partial charge in [-0.15, -0.1) is 4.52 Å². The Bertz CT molecular complexity index is 1820. The van der Waals surface area contributed by atoms with Gasteiger partial charge in [-0.05, 0) is 16.4 Å². The molecule has 0 saturated carbocycles. The number of ether oxygens (including phenoxy) is 2. The van der Waals surface area contributed by atoms with Crippen molar-refractivity contribution in [2.45, 2.75) is 49.4 Å². The molecule has 2 aliphatic rings. The van der Waals surface area contributed by atoms with Gasteiger partial charge in [0.15, 0.2) is 41.2 Å². The van der Waals surface area contributed by atoms with Crippen LogP contribution in [0.2, 0.25) is 0 Å². The van der Waals surface area contributed by atoms with Crippen molar-refractivity contribution in [2.75, 3.05) is 24.7 Å². The summed E-state index contributed by atoms with van der Waals surface area (Å²) in [5, 5.41) is 20.8. The topological polar surface area (TPSA) is 283 Å². The predicted octanol–water partition coefficient (Wildman–Crippen LogP) is -0.747. The van der Waals surface area contributed by atoms with Gasteiger partial charge in [0.2, 0.25) is 5.95 Å². The number of aromatic nitrogens is 8. The molecule has 2 saturated heterocycles. The van der Waals surface area contributed by atoms with Crippen molar-refractivity contribution in [3.05, 3.63) is 29.3 Å². The maximum Gasteiger partial charge on any atom is 0.582 e. The van der Waals surface area contributed by atoms with Crippen molar-refractivity contribution in [3.63, 3.8) is 0 Å². The molecular weight excluding hydrogens is 666 g/mol. The number of nitrogens with two attached hydrogens (primary N) is 2. The second-order valence-corrected chi connectivity index (χ2v) is 14.2. The number of aromatic amines is 1. The van der Waals surface area contributed by atoms with Crippen LogP contribution in [0.1, 0.15) is 18.9 Å². The number of anilines is 2. The normalized spacial score (nSPS) is 29.0. The number of nitrogens with one attached hydrogen (secondary N) is 1. The van der Waals surface area contributed by atoms with E-state index in [-0.39, 0.29) is 47.1 Å². The molecule has 0 amide bonds. The van der Waals surface area contributed by atoms with E-state index in [1.807, 2.05) is 0 Å². The lowest BCUT2D eigenvalue weighted by Crippen LogP contribution is -2.35. The largest absolute Gasteiger partial charge is 0.582 e. The van der Waals surface area contributed by atoms with Gasteiger partial charge < -0.3 is 45.1 Å². The second-order valence-electron chi connectivity index (χ2n) is 9.70. The van der Waals surface area contributed by atoms with Gasteiger partial charge >= 0.3 is 13.9 Å². The zero-order chi connectivity index (χ0) is 31.3. The van der Waals surface area contributed by atoms with E-state index in [1.165, 1.54) is 28.1 Å². The van der Waals surface area contributed by atoms with Crippen LogP contribution in [0.25, 0.3) is 22.3 Å². The Labute approximate surface area is 257 Å². The number of nitrogen functional groups attached to an aromatic ring is 2. The third-order valence-corrected chi connectivity index (χ3v) is 9.22. The number of rotatable bonds is 10. The molecule has 236 valence electrons. The van der Waals surface area contributed by atoms with Gasteiger partial charge in [-0.2, -0.15) is 4.98 Å². The Morgan fingerprint density at radius 1 is 1.16 bits per heavy atom. The minimum absolute atomic E-state index is 0.0199. The Hall–Kier alpha value is -2.72. The maximum atomic E-state index is 12.2. The highest BCUT2D eigenvalue weighted by atomic mass is 32.7. The second kappa shape index (κ2) is 12.2. The summed E-state index contributed by atoms with van der Waals surface area (Å²) in [5.41, 5.74) is 11.6. The molecule has 5 unspecified atom stereocenters.